The van der Waals surface area contributed by atoms with Gasteiger partial charge in [-0.1, -0.05) is 0 Å². The van der Waals surface area contributed by atoms with E-state index in [9.17, 15) is 4.79 Å². The summed E-state index contributed by atoms with van der Waals surface area (Å²) in [5, 5.41) is 0. The summed E-state index contributed by atoms with van der Waals surface area (Å²) in [6.07, 6.45) is 1.86. The zero-order valence-electron chi connectivity index (χ0n) is 14.7. The number of likely N-dealkylation sites (tertiary alicyclic amines) is 1. The van der Waals surface area contributed by atoms with Gasteiger partial charge in [-0.3, -0.25) is 4.79 Å². The van der Waals surface area contributed by atoms with Crippen LogP contribution in [0.1, 0.15) is 30.1 Å². The van der Waals surface area contributed by atoms with E-state index in [-0.39, 0.29) is 24.4 Å². The minimum atomic E-state index is -0.0501. The molecule has 1 heterocycles. The summed E-state index contributed by atoms with van der Waals surface area (Å²) in [7, 11) is 4.64. The van der Waals surface area contributed by atoms with Crippen LogP contribution in [-0.2, 0) is 0 Å². The summed E-state index contributed by atoms with van der Waals surface area (Å²) in [6, 6.07) is 3.53. The van der Waals surface area contributed by atoms with Crippen molar-refractivity contribution >= 4 is 18.3 Å². The quantitative estimate of drug-likeness (QED) is 0.874. The molecular formula is C17H27ClN2O4. The van der Waals surface area contributed by atoms with Gasteiger partial charge in [0.1, 0.15) is 5.75 Å². The molecule has 0 saturated carbocycles. The number of benzene rings is 1. The monoisotopic (exact) mass is 358 g/mol. The Hall–Kier alpha value is -1.66. The van der Waals surface area contributed by atoms with Crippen LogP contribution < -0.4 is 19.9 Å². The molecule has 1 saturated heterocycles. The van der Waals surface area contributed by atoms with Crippen molar-refractivity contribution < 1.29 is 19.0 Å². The Bertz CT molecular complexity index is 558. The van der Waals surface area contributed by atoms with E-state index in [4.69, 9.17) is 19.9 Å². The molecule has 0 bridgehead atoms. The third-order valence-electron chi connectivity index (χ3n) is 4.51. The number of rotatable bonds is 5. The summed E-state index contributed by atoms with van der Waals surface area (Å²) >= 11 is 0. The molecule has 1 atom stereocenters. The number of ether oxygens (including phenoxy) is 3. The first-order chi connectivity index (χ1) is 11.0. The fourth-order valence-electron chi connectivity index (χ4n) is 3.00. The Kier molecular flexibility index (Phi) is 7.63. The third-order valence-corrected chi connectivity index (χ3v) is 4.51. The number of methoxy groups -OCH3 is 3. The van der Waals surface area contributed by atoms with Crippen LogP contribution in [0, 0.1) is 5.92 Å². The number of nitrogens with zero attached hydrogens (tertiary/aromatic N) is 1. The van der Waals surface area contributed by atoms with E-state index in [0.717, 1.165) is 12.8 Å². The molecule has 0 radical (unpaired) electrons. The van der Waals surface area contributed by atoms with Gasteiger partial charge in [-0.15, -0.1) is 12.4 Å². The van der Waals surface area contributed by atoms with Gasteiger partial charge in [0.15, 0.2) is 11.5 Å². The first kappa shape index (κ1) is 20.4. The largest absolute Gasteiger partial charge is 0.496 e. The van der Waals surface area contributed by atoms with Crippen LogP contribution in [0.4, 0.5) is 0 Å². The van der Waals surface area contributed by atoms with Gasteiger partial charge in [-0.25, -0.2) is 0 Å². The van der Waals surface area contributed by atoms with Gasteiger partial charge < -0.3 is 24.8 Å². The van der Waals surface area contributed by atoms with Crippen molar-refractivity contribution in [3.05, 3.63) is 17.7 Å². The summed E-state index contributed by atoms with van der Waals surface area (Å²) in [5.74, 6) is 1.97. The van der Waals surface area contributed by atoms with Crippen LogP contribution >= 0.6 is 12.4 Å². The van der Waals surface area contributed by atoms with Crippen molar-refractivity contribution in [3.8, 4) is 17.2 Å². The Labute approximate surface area is 149 Å². The minimum absolute atomic E-state index is 0. The molecule has 1 aromatic rings. The van der Waals surface area contributed by atoms with Gasteiger partial charge in [-0.05, 0) is 25.7 Å². The van der Waals surface area contributed by atoms with Gasteiger partial charge in [0.2, 0.25) is 0 Å². The zero-order chi connectivity index (χ0) is 17.0. The molecule has 0 aliphatic carbocycles. The van der Waals surface area contributed by atoms with E-state index in [2.05, 4.69) is 0 Å². The van der Waals surface area contributed by atoms with Crippen molar-refractivity contribution in [2.45, 2.75) is 25.8 Å². The molecule has 1 aliphatic heterocycles. The Morgan fingerprint density at radius 3 is 2.04 bits per heavy atom. The zero-order valence-corrected chi connectivity index (χ0v) is 15.5. The van der Waals surface area contributed by atoms with Crippen LogP contribution in [0.3, 0.4) is 0 Å². The highest BCUT2D eigenvalue weighted by Gasteiger charge is 2.28. The predicted molar refractivity (Wildman–Crippen MR) is 95.6 cm³/mol. The summed E-state index contributed by atoms with van der Waals surface area (Å²) in [6.45, 7) is 3.45. The first-order valence-corrected chi connectivity index (χ1v) is 7.86. The lowest BCUT2D eigenvalue weighted by Crippen LogP contribution is -2.42. The molecule has 0 spiro atoms. The number of hydrogen-bond donors (Lipinski definition) is 1. The van der Waals surface area contributed by atoms with E-state index in [1.807, 2.05) is 11.8 Å². The molecule has 1 aromatic carbocycles. The third kappa shape index (κ3) is 4.24. The molecule has 1 amide bonds. The molecule has 6 nitrogen and oxygen atoms in total. The second-order valence-corrected chi connectivity index (χ2v) is 5.90. The summed E-state index contributed by atoms with van der Waals surface area (Å²) < 4.78 is 15.9. The maximum atomic E-state index is 12.8. The van der Waals surface area contributed by atoms with Crippen molar-refractivity contribution in [3.63, 3.8) is 0 Å². The molecule has 1 fully saturated rings. The Morgan fingerprint density at radius 1 is 1.08 bits per heavy atom. The van der Waals surface area contributed by atoms with E-state index >= 15 is 0 Å². The molecule has 2 N–H and O–H groups in total. The second-order valence-electron chi connectivity index (χ2n) is 5.90. The molecular weight excluding hydrogens is 332 g/mol. The van der Waals surface area contributed by atoms with Gasteiger partial charge in [0, 0.05) is 31.3 Å². The smallest absolute Gasteiger partial charge is 0.257 e. The van der Waals surface area contributed by atoms with Crippen LogP contribution in [0.2, 0.25) is 0 Å². The highest BCUT2D eigenvalue weighted by molar-refractivity contribution is 5.98. The van der Waals surface area contributed by atoms with Crippen LogP contribution in [-0.4, -0.2) is 51.3 Å². The Morgan fingerprint density at radius 2 is 1.58 bits per heavy atom. The number of piperidine rings is 1. The number of hydrogen-bond acceptors (Lipinski definition) is 5. The van der Waals surface area contributed by atoms with Crippen LogP contribution in [0.15, 0.2) is 12.1 Å². The predicted octanol–water partition coefficient (Wildman–Crippen LogP) is 2.33. The standard InChI is InChI=1S/C17H26N2O4.ClH/c1-11(18)12-5-7-19(8-6-12)17(20)13-9-15(22-3)16(23-4)10-14(13)21-2;/h9-12H,5-8,18H2,1-4H3;1H. The van der Waals surface area contributed by atoms with Gasteiger partial charge in [0.05, 0.1) is 26.9 Å². The van der Waals surface area contributed by atoms with E-state index in [1.165, 1.54) is 0 Å². The highest BCUT2D eigenvalue weighted by Crippen LogP contribution is 2.35. The molecule has 7 heteroatoms. The van der Waals surface area contributed by atoms with E-state index in [1.54, 1.807) is 33.5 Å². The average Bonchev–Trinajstić information content (AvgIpc) is 2.59. The maximum absolute atomic E-state index is 12.8. The number of halogens is 1. The fourth-order valence-corrected chi connectivity index (χ4v) is 3.00. The number of carbonyl (C=O) groups excluding carboxylic acids is 1. The van der Waals surface area contributed by atoms with Crippen molar-refractivity contribution in [1.82, 2.24) is 4.90 Å². The van der Waals surface area contributed by atoms with Crippen molar-refractivity contribution in [2.75, 3.05) is 34.4 Å². The minimum Gasteiger partial charge on any atom is -0.496 e. The van der Waals surface area contributed by atoms with Gasteiger partial charge in [0.25, 0.3) is 5.91 Å². The van der Waals surface area contributed by atoms with Crippen molar-refractivity contribution in [2.24, 2.45) is 11.7 Å². The van der Waals surface area contributed by atoms with Gasteiger partial charge in [-0.2, -0.15) is 0 Å². The number of amides is 1. The maximum Gasteiger partial charge on any atom is 0.257 e. The first-order valence-electron chi connectivity index (χ1n) is 7.86. The highest BCUT2D eigenvalue weighted by atomic mass is 35.5. The lowest BCUT2D eigenvalue weighted by Gasteiger charge is -2.34. The number of nitrogens with two attached hydrogens (primary N) is 1. The fraction of sp³-hybridized carbons (Fsp3) is 0.588. The van der Waals surface area contributed by atoms with E-state index in [0.29, 0.717) is 41.8 Å². The molecule has 0 aromatic heterocycles. The molecule has 1 aliphatic rings. The van der Waals surface area contributed by atoms with Crippen LogP contribution in [0.5, 0.6) is 17.2 Å². The molecule has 1 unspecified atom stereocenters. The second kappa shape index (κ2) is 8.99. The lowest BCUT2D eigenvalue weighted by molar-refractivity contribution is 0.0677. The van der Waals surface area contributed by atoms with E-state index < -0.39 is 0 Å². The average molecular weight is 359 g/mol. The SMILES string of the molecule is COc1cc(OC)c(C(=O)N2CCC(C(C)N)CC2)cc1OC.Cl. The summed E-state index contributed by atoms with van der Waals surface area (Å²) in [5.41, 5.74) is 6.45. The normalized spacial score (nSPS) is 16.1. The molecule has 24 heavy (non-hydrogen) atoms. The number of carbonyl (C=O) groups is 1. The van der Waals surface area contributed by atoms with Gasteiger partial charge >= 0.3 is 0 Å². The summed E-state index contributed by atoms with van der Waals surface area (Å²) in [4.78, 5) is 14.7. The Balaban J connectivity index is 0.00000288. The lowest BCUT2D eigenvalue weighted by atomic mass is 9.90. The van der Waals surface area contributed by atoms with Crippen LogP contribution in [0.25, 0.3) is 0 Å². The molecule has 2 rings (SSSR count). The molecule has 136 valence electrons. The van der Waals surface area contributed by atoms with Crippen molar-refractivity contribution in [1.29, 1.82) is 0 Å². The topological polar surface area (TPSA) is 74.0 Å².